The summed E-state index contributed by atoms with van der Waals surface area (Å²) in [5, 5.41) is 9.31. The summed E-state index contributed by atoms with van der Waals surface area (Å²) in [4.78, 5) is 0. The lowest BCUT2D eigenvalue weighted by atomic mass is 9.89. The van der Waals surface area contributed by atoms with Crippen LogP contribution in [0.2, 0.25) is 0 Å². The minimum atomic E-state index is -4.31. The van der Waals surface area contributed by atoms with Gasteiger partial charge in [-0.1, -0.05) is 49.2 Å². The van der Waals surface area contributed by atoms with Gasteiger partial charge in [-0.3, -0.25) is 0 Å². The van der Waals surface area contributed by atoms with Gasteiger partial charge < -0.3 is 4.57 Å². The molecule has 0 unspecified atom stereocenters. The molecule has 1 aromatic carbocycles. The van der Waals surface area contributed by atoms with Crippen molar-refractivity contribution in [1.82, 2.24) is 14.8 Å². The van der Waals surface area contributed by atoms with Crippen LogP contribution < -0.4 is 0 Å². The molecule has 0 atom stereocenters. The zero-order valence-corrected chi connectivity index (χ0v) is 14.3. The molecule has 1 heterocycles. The third-order valence-corrected chi connectivity index (χ3v) is 5.55. The second-order valence-electron chi connectivity index (χ2n) is 6.22. The Morgan fingerprint density at radius 2 is 1.92 bits per heavy atom. The summed E-state index contributed by atoms with van der Waals surface area (Å²) in [6, 6.07) is 5.45. The van der Waals surface area contributed by atoms with Crippen LogP contribution in [-0.2, 0) is 19.0 Å². The Labute approximate surface area is 143 Å². The van der Waals surface area contributed by atoms with E-state index in [1.165, 1.54) is 43.2 Å². The SMILES string of the molecule is Cn1c(SCc2cccc(C(F)(F)F)c2)nnc1C1CCCCC1. The minimum absolute atomic E-state index is 0.445. The Bertz CT molecular complexity index is 691. The summed E-state index contributed by atoms with van der Waals surface area (Å²) < 4.78 is 40.3. The highest BCUT2D eigenvalue weighted by Crippen LogP contribution is 2.34. The van der Waals surface area contributed by atoms with Gasteiger partial charge in [0.05, 0.1) is 5.56 Å². The molecule has 0 spiro atoms. The number of nitrogens with zero attached hydrogens (tertiary/aromatic N) is 3. The van der Waals surface area contributed by atoms with Crippen molar-refractivity contribution in [2.75, 3.05) is 0 Å². The van der Waals surface area contributed by atoms with Crippen LogP contribution >= 0.6 is 11.8 Å². The molecule has 7 heteroatoms. The number of hydrogen-bond donors (Lipinski definition) is 0. The lowest BCUT2D eigenvalue weighted by Gasteiger charge is -2.20. The smallest absolute Gasteiger partial charge is 0.309 e. The van der Waals surface area contributed by atoms with Gasteiger partial charge in [0.2, 0.25) is 0 Å². The van der Waals surface area contributed by atoms with Gasteiger partial charge in [-0.05, 0) is 24.5 Å². The van der Waals surface area contributed by atoms with Crippen LogP contribution in [0.1, 0.15) is 55.0 Å². The molecule has 0 N–H and O–H groups in total. The fourth-order valence-electron chi connectivity index (χ4n) is 3.15. The predicted octanol–water partition coefficient (Wildman–Crippen LogP) is 5.17. The highest BCUT2D eigenvalue weighted by atomic mass is 32.2. The van der Waals surface area contributed by atoms with E-state index in [0.29, 0.717) is 17.2 Å². The Balaban J connectivity index is 1.68. The fourth-order valence-corrected chi connectivity index (χ4v) is 4.01. The molecule has 1 fully saturated rings. The molecule has 3 nitrogen and oxygen atoms in total. The van der Waals surface area contributed by atoms with Gasteiger partial charge in [0.15, 0.2) is 5.16 Å². The van der Waals surface area contributed by atoms with Crippen LogP contribution in [0, 0.1) is 0 Å². The van der Waals surface area contributed by atoms with Gasteiger partial charge in [-0.2, -0.15) is 13.2 Å². The number of benzene rings is 1. The second-order valence-corrected chi connectivity index (χ2v) is 7.16. The van der Waals surface area contributed by atoms with Crippen molar-refractivity contribution in [3.8, 4) is 0 Å². The largest absolute Gasteiger partial charge is 0.416 e. The molecular formula is C17H20F3N3S. The molecule has 0 amide bonds. The zero-order chi connectivity index (χ0) is 17.2. The summed E-state index contributed by atoms with van der Waals surface area (Å²) in [5.41, 5.74) is 0.0264. The van der Waals surface area contributed by atoms with E-state index >= 15 is 0 Å². The average molecular weight is 355 g/mol. The second kappa shape index (κ2) is 7.17. The van der Waals surface area contributed by atoms with Crippen molar-refractivity contribution >= 4 is 11.8 Å². The summed E-state index contributed by atoms with van der Waals surface area (Å²) in [5.74, 6) is 1.90. The van der Waals surface area contributed by atoms with Crippen LogP contribution in [0.5, 0.6) is 0 Å². The van der Waals surface area contributed by atoms with Gasteiger partial charge in [-0.15, -0.1) is 10.2 Å². The number of rotatable bonds is 4. The number of thioether (sulfide) groups is 1. The summed E-state index contributed by atoms with van der Waals surface area (Å²) >= 11 is 1.43. The topological polar surface area (TPSA) is 30.7 Å². The van der Waals surface area contributed by atoms with Crippen LogP contribution in [0.3, 0.4) is 0 Å². The Morgan fingerprint density at radius 1 is 1.17 bits per heavy atom. The van der Waals surface area contributed by atoms with E-state index in [2.05, 4.69) is 10.2 Å². The normalized spacial score (nSPS) is 16.5. The van der Waals surface area contributed by atoms with E-state index in [4.69, 9.17) is 0 Å². The van der Waals surface area contributed by atoms with Gasteiger partial charge in [0.1, 0.15) is 5.82 Å². The lowest BCUT2D eigenvalue weighted by Crippen LogP contribution is -2.10. The summed E-state index contributed by atoms with van der Waals surface area (Å²) in [7, 11) is 1.94. The van der Waals surface area contributed by atoms with Gasteiger partial charge in [0.25, 0.3) is 0 Å². The van der Waals surface area contributed by atoms with Crippen LogP contribution in [-0.4, -0.2) is 14.8 Å². The van der Waals surface area contributed by atoms with E-state index in [0.717, 1.165) is 29.9 Å². The number of alkyl halides is 3. The maximum atomic E-state index is 12.8. The highest BCUT2D eigenvalue weighted by Gasteiger charge is 2.30. The Kier molecular flexibility index (Phi) is 5.18. The molecular weight excluding hydrogens is 335 g/mol. The molecule has 3 rings (SSSR count). The van der Waals surface area contributed by atoms with Crippen molar-refractivity contribution in [1.29, 1.82) is 0 Å². The molecule has 130 valence electrons. The van der Waals surface area contributed by atoms with Crippen molar-refractivity contribution in [3.63, 3.8) is 0 Å². The molecule has 0 bridgehead atoms. The molecule has 1 saturated carbocycles. The third-order valence-electron chi connectivity index (χ3n) is 4.46. The molecule has 0 aliphatic heterocycles. The van der Waals surface area contributed by atoms with Crippen molar-refractivity contribution < 1.29 is 13.2 Å². The number of aromatic nitrogens is 3. The summed E-state index contributed by atoms with van der Waals surface area (Å²) in [6.07, 6.45) is 1.72. The van der Waals surface area contributed by atoms with Gasteiger partial charge >= 0.3 is 6.18 Å². The van der Waals surface area contributed by atoms with Crippen LogP contribution in [0.15, 0.2) is 29.4 Å². The molecule has 1 aliphatic rings. The highest BCUT2D eigenvalue weighted by molar-refractivity contribution is 7.98. The lowest BCUT2D eigenvalue weighted by molar-refractivity contribution is -0.137. The average Bonchev–Trinajstić information content (AvgIpc) is 2.94. The molecule has 1 aliphatic carbocycles. The van der Waals surface area contributed by atoms with Gasteiger partial charge in [-0.25, -0.2) is 0 Å². The number of halogens is 3. The van der Waals surface area contributed by atoms with E-state index in [1.807, 2.05) is 11.6 Å². The van der Waals surface area contributed by atoms with Crippen LogP contribution in [0.4, 0.5) is 13.2 Å². The Morgan fingerprint density at radius 3 is 2.62 bits per heavy atom. The monoisotopic (exact) mass is 355 g/mol. The first-order valence-electron chi connectivity index (χ1n) is 8.13. The van der Waals surface area contributed by atoms with Crippen molar-refractivity contribution in [2.45, 2.75) is 55.1 Å². The first-order chi connectivity index (χ1) is 11.4. The molecule has 1 aromatic heterocycles. The molecule has 24 heavy (non-hydrogen) atoms. The predicted molar refractivity (Wildman–Crippen MR) is 87.8 cm³/mol. The van der Waals surface area contributed by atoms with Gasteiger partial charge in [0, 0.05) is 18.7 Å². The zero-order valence-electron chi connectivity index (χ0n) is 13.5. The molecule has 2 aromatic rings. The fraction of sp³-hybridized carbons (Fsp3) is 0.529. The standard InChI is InChI=1S/C17H20F3N3S/c1-23-15(13-7-3-2-4-8-13)21-22-16(23)24-11-12-6-5-9-14(10-12)17(18,19)20/h5-6,9-10,13H,2-4,7-8,11H2,1H3. The maximum Gasteiger partial charge on any atom is 0.416 e. The van der Waals surface area contributed by atoms with E-state index in [-0.39, 0.29) is 0 Å². The molecule has 0 radical (unpaired) electrons. The van der Waals surface area contributed by atoms with Crippen molar-refractivity contribution in [3.05, 3.63) is 41.2 Å². The summed E-state index contributed by atoms with van der Waals surface area (Å²) in [6.45, 7) is 0. The first-order valence-corrected chi connectivity index (χ1v) is 9.12. The number of hydrogen-bond acceptors (Lipinski definition) is 3. The Hall–Kier alpha value is -1.50. The molecule has 0 saturated heterocycles. The quantitative estimate of drug-likeness (QED) is 0.709. The van der Waals surface area contributed by atoms with E-state index < -0.39 is 11.7 Å². The van der Waals surface area contributed by atoms with E-state index in [1.54, 1.807) is 6.07 Å². The first kappa shape index (κ1) is 17.3. The van der Waals surface area contributed by atoms with Crippen molar-refractivity contribution in [2.24, 2.45) is 7.05 Å². The third kappa shape index (κ3) is 3.94. The maximum absolute atomic E-state index is 12.8. The van der Waals surface area contributed by atoms with Crippen LogP contribution in [0.25, 0.3) is 0 Å². The minimum Gasteiger partial charge on any atom is -0.309 e. The van der Waals surface area contributed by atoms with E-state index in [9.17, 15) is 13.2 Å².